The van der Waals surface area contributed by atoms with Crippen LogP contribution in [0.2, 0.25) is 0 Å². The summed E-state index contributed by atoms with van der Waals surface area (Å²) < 4.78 is 1.38. The van der Waals surface area contributed by atoms with E-state index in [1.165, 1.54) is 10.9 Å². The Morgan fingerprint density at radius 2 is 2.33 bits per heavy atom. The first kappa shape index (κ1) is 9.20. The van der Waals surface area contributed by atoms with Crippen molar-refractivity contribution in [2.24, 2.45) is 0 Å². The topological polar surface area (TPSA) is 94.0 Å². The van der Waals surface area contributed by atoms with Crippen molar-refractivity contribution >= 4 is 11.7 Å². The Morgan fingerprint density at radius 1 is 1.53 bits per heavy atom. The highest BCUT2D eigenvalue weighted by Gasteiger charge is 2.13. The number of nitrogens with two attached hydrogens (primary N) is 1. The fraction of sp³-hybridized carbons (Fsp3) is 0. The minimum Gasteiger partial charge on any atom is -0.476 e. The van der Waals surface area contributed by atoms with E-state index in [0.29, 0.717) is 5.69 Å². The van der Waals surface area contributed by atoms with Crippen LogP contribution in [0.25, 0.3) is 5.69 Å². The Balaban J connectivity index is 2.48. The maximum Gasteiger partial charge on any atom is 0.358 e. The summed E-state index contributed by atoms with van der Waals surface area (Å²) >= 11 is 0. The number of aromatic carboxylic acids is 1. The lowest BCUT2D eigenvalue weighted by Crippen LogP contribution is -2.02. The molecular weight excluding hydrogens is 196 g/mol. The number of rotatable bonds is 2. The quantitative estimate of drug-likeness (QED) is 0.744. The number of nitrogens with zero attached hydrogens (tertiary/aromatic N) is 3. The molecule has 0 aromatic carbocycles. The SMILES string of the molecule is Nc1cn(-c2cccnc2)nc1C(=O)O. The third kappa shape index (κ3) is 1.64. The van der Waals surface area contributed by atoms with Crippen LogP contribution in [0.4, 0.5) is 5.69 Å². The van der Waals surface area contributed by atoms with E-state index in [2.05, 4.69) is 10.1 Å². The van der Waals surface area contributed by atoms with Crippen LogP contribution in [0, 0.1) is 0 Å². The number of anilines is 1. The van der Waals surface area contributed by atoms with Gasteiger partial charge in [0, 0.05) is 6.20 Å². The maximum absolute atomic E-state index is 10.7. The molecule has 6 nitrogen and oxygen atoms in total. The predicted molar refractivity (Wildman–Crippen MR) is 52.7 cm³/mol. The van der Waals surface area contributed by atoms with Gasteiger partial charge in [-0.2, -0.15) is 5.10 Å². The third-order valence-electron chi connectivity index (χ3n) is 1.86. The molecule has 2 aromatic heterocycles. The van der Waals surface area contributed by atoms with Crippen LogP contribution in [0.1, 0.15) is 10.5 Å². The highest BCUT2D eigenvalue weighted by atomic mass is 16.4. The first-order chi connectivity index (χ1) is 7.18. The fourth-order valence-electron chi connectivity index (χ4n) is 1.18. The van der Waals surface area contributed by atoms with Gasteiger partial charge in [0.15, 0.2) is 5.69 Å². The van der Waals surface area contributed by atoms with Gasteiger partial charge in [-0.1, -0.05) is 0 Å². The molecule has 0 aliphatic rings. The van der Waals surface area contributed by atoms with Crippen molar-refractivity contribution in [3.05, 3.63) is 36.4 Å². The summed E-state index contributed by atoms with van der Waals surface area (Å²) in [5.74, 6) is -1.14. The average Bonchev–Trinajstić information content (AvgIpc) is 2.62. The van der Waals surface area contributed by atoms with Crippen molar-refractivity contribution in [2.45, 2.75) is 0 Å². The molecule has 0 saturated carbocycles. The van der Waals surface area contributed by atoms with Crippen molar-refractivity contribution in [3.63, 3.8) is 0 Å². The number of hydrogen-bond acceptors (Lipinski definition) is 4. The molecule has 0 bridgehead atoms. The zero-order valence-corrected chi connectivity index (χ0v) is 7.66. The summed E-state index contributed by atoms with van der Waals surface area (Å²) in [5.41, 5.74) is 6.14. The molecule has 0 saturated heterocycles. The fourth-order valence-corrected chi connectivity index (χ4v) is 1.18. The molecule has 0 amide bonds. The van der Waals surface area contributed by atoms with Gasteiger partial charge in [-0.05, 0) is 12.1 Å². The van der Waals surface area contributed by atoms with Gasteiger partial charge in [-0.25, -0.2) is 9.48 Å². The monoisotopic (exact) mass is 204 g/mol. The predicted octanol–water partition coefficient (Wildman–Crippen LogP) is 0.548. The molecule has 0 radical (unpaired) electrons. The van der Waals surface area contributed by atoms with E-state index in [-0.39, 0.29) is 11.4 Å². The van der Waals surface area contributed by atoms with Crippen LogP contribution in [0.15, 0.2) is 30.7 Å². The second kappa shape index (κ2) is 3.41. The van der Waals surface area contributed by atoms with Crippen molar-refractivity contribution < 1.29 is 9.90 Å². The largest absolute Gasteiger partial charge is 0.476 e. The summed E-state index contributed by atoms with van der Waals surface area (Å²) in [5, 5.41) is 12.6. The van der Waals surface area contributed by atoms with Crippen LogP contribution in [-0.2, 0) is 0 Å². The highest BCUT2D eigenvalue weighted by molar-refractivity contribution is 5.91. The van der Waals surface area contributed by atoms with E-state index in [1.54, 1.807) is 24.5 Å². The Hall–Kier alpha value is -2.37. The standard InChI is InChI=1S/C9H8N4O2/c10-7-5-13(12-8(7)9(14)15)6-2-1-3-11-4-6/h1-5H,10H2,(H,14,15). The Bertz CT molecular complexity index is 492. The van der Waals surface area contributed by atoms with Crippen molar-refractivity contribution in [2.75, 3.05) is 5.73 Å². The van der Waals surface area contributed by atoms with E-state index in [4.69, 9.17) is 10.8 Å². The second-order valence-corrected chi connectivity index (χ2v) is 2.89. The van der Waals surface area contributed by atoms with Crippen LogP contribution in [0.3, 0.4) is 0 Å². The number of carboxylic acid groups (broad SMARTS) is 1. The normalized spacial score (nSPS) is 10.1. The number of carboxylic acids is 1. The number of aromatic nitrogens is 3. The zero-order chi connectivity index (χ0) is 10.8. The average molecular weight is 204 g/mol. The van der Waals surface area contributed by atoms with Gasteiger partial charge in [-0.3, -0.25) is 4.98 Å². The maximum atomic E-state index is 10.7. The van der Waals surface area contributed by atoms with Crippen molar-refractivity contribution in [1.82, 2.24) is 14.8 Å². The van der Waals surface area contributed by atoms with Gasteiger partial charge in [-0.15, -0.1) is 0 Å². The van der Waals surface area contributed by atoms with Gasteiger partial charge in [0.1, 0.15) is 0 Å². The van der Waals surface area contributed by atoms with E-state index in [9.17, 15) is 4.79 Å². The molecule has 0 aliphatic carbocycles. The van der Waals surface area contributed by atoms with Crippen LogP contribution in [-0.4, -0.2) is 25.8 Å². The molecule has 3 N–H and O–H groups in total. The second-order valence-electron chi connectivity index (χ2n) is 2.89. The Kier molecular flexibility index (Phi) is 2.09. The zero-order valence-electron chi connectivity index (χ0n) is 7.66. The summed E-state index contributed by atoms with van der Waals surface area (Å²) in [4.78, 5) is 14.6. The van der Waals surface area contributed by atoms with E-state index >= 15 is 0 Å². The molecule has 76 valence electrons. The molecule has 6 heteroatoms. The lowest BCUT2D eigenvalue weighted by Gasteiger charge is -1.97. The minimum absolute atomic E-state index is 0.131. The molecule has 0 unspecified atom stereocenters. The smallest absolute Gasteiger partial charge is 0.358 e. The highest BCUT2D eigenvalue weighted by Crippen LogP contribution is 2.12. The Morgan fingerprint density at radius 3 is 2.87 bits per heavy atom. The van der Waals surface area contributed by atoms with Gasteiger partial charge in [0.2, 0.25) is 0 Å². The number of nitrogen functional groups attached to an aromatic ring is 1. The molecule has 0 aliphatic heterocycles. The van der Waals surface area contributed by atoms with Crippen molar-refractivity contribution in [1.29, 1.82) is 0 Å². The van der Waals surface area contributed by atoms with Crippen LogP contribution >= 0.6 is 0 Å². The molecule has 0 spiro atoms. The lowest BCUT2D eigenvalue weighted by atomic mass is 10.4. The first-order valence-corrected chi connectivity index (χ1v) is 4.17. The van der Waals surface area contributed by atoms with Gasteiger partial charge in [0.05, 0.1) is 23.8 Å². The summed E-state index contributed by atoms with van der Waals surface area (Å²) in [7, 11) is 0. The third-order valence-corrected chi connectivity index (χ3v) is 1.86. The summed E-state index contributed by atoms with van der Waals surface area (Å²) in [6, 6.07) is 3.48. The lowest BCUT2D eigenvalue weighted by molar-refractivity contribution is 0.0691. The number of pyridine rings is 1. The molecular formula is C9H8N4O2. The number of hydrogen-bond donors (Lipinski definition) is 2. The summed E-state index contributed by atoms with van der Waals surface area (Å²) in [6.07, 6.45) is 4.63. The van der Waals surface area contributed by atoms with Gasteiger partial charge < -0.3 is 10.8 Å². The molecule has 2 aromatic rings. The van der Waals surface area contributed by atoms with Crippen molar-refractivity contribution in [3.8, 4) is 5.69 Å². The summed E-state index contributed by atoms with van der Waals surface area (Å²) in [6.45, 7) is 0. The van der Waals surface area contributed by atoms with Gasteiger partial charge >= 0.3 is 5.97 Å². The van der Waals surface area contributed by atoms with E-state index < -0.39 is 5.97 Å². The van der Waals surface area contributed by atoms with E-state index in [1.807, 2.05) is 0 Å². The van der Waals surface area contributed by atoms with Crippen LogP contribution in [0.5, 0.6) is 0 Å². The van der Waals surface area contributed by atoms with E-state index in [0.717, 1.165) is 0 Å². The van der Waals surface area contributed by atoms with Crippen LogP contribution < -0.4 is 5.73 Å². The first-order valence-electron chi connectivity index (χ1n) is 4.17. The van der Waals surface area contributed by atoms with Gasteiger partial charge in [0.25, 0.3) is 0 Å². The number of carbonyl (C=O) groups is 1. The molecule has 2 rings (SSSR count). The molecule has 15 heavy (non-hydrogen) atoms. The molecule has 2 heterocycles. The minimum atomic E-state index is -1.14. The Labute approximate surface area is 85.0 Å². The molecule has 0 atom stereocenters. The molecule has 0 fully saturated rings.